The van der Waals surface area contributed by atoms with Gasteiger partial charge in [-0.3, -0.25) is 9.89 Å². The van der Waals surface area contributed by atoms with Crippen LogP contribution in [0.5, 0.6) is 0 Å². The highest BCUT2D eigenvalue weighted by atomic mass is 127. The van der Waals surface area contributed by atoms with Crippen LogP contribution < -0.4 is 5.73 Å². The molecule has 122 valence electrons. The Labute approximate surface area is 144 Å². The van der Waals surface area contributed by atoms with Crippen LogP contribution in [0.2, 0.25) is 0 Å². The van der Waals surface area contributed by atoms with Gasteiger partial charge in [0.2, 0.25) is 0 Å². The van der Waals surface area contributed by atoms with Gasteiger partial charge in [0.05, 0.1) is 32.5 Å². The first-order valence-corrected chi connectivity index (χ1v) is 7.69. The molecule has 0 aromatic carbocycles. The minimum absolute atomic E-state index is 0. The number of morpholine rings is 2. The standard InChI is InChI=1S/C14H26N4O2.HI/c1-12-10-17(4-9-20-12)13(15)16-11-14(2-3-14)18-5-7-19-8-6-18;/h12H,2-11H2,1H3,(H2,15,16);1H. The molecule has 1 saturated carbocycles. The summed E-state index contributed by atoms with van der Waals surface area (Å²) in [6.07, 6.45) is 2.72. The van der Waals surface area contributed by atoms with Crippen molar-refractivity contribution < 1.29 is 9.47 Å². The van der Waals surface area contributed by atoms with Crippen molar-refractivity contribution in [1.82, 2.24) is 9.80 Å². The first kappa shape index (κ1) is 17.2. The lowest BCUT2D eigenvalue weighted by atomic mass is 10.2. The maximum Gasteiger partial charge on any atom is 0.191 e. The van der Waals surface area contributed by atoms with Crippen molar-refractivity contribution in [2.75, 3.05) is 52.5 Å². The number of nitrogens with zero attached hydrogens (tertiary/aromatic N) is 3. The van der Waals surface area contributed by atoms with Gasteiger partial charge >= 0.3 is 0 Å². The molecule has 0 amide bonds. The molecule has 3 aliphatic rings. The molecule has 0 bridgehead atoms. The minimum Gasteiger partial charge on any atom is -0.379 e. The summed E-state index contributed by atoms with van der Waals surface area (Å²) in [6.45, 7) is 9.11. The molecule has 0 radical (unpaired) electrons. The van der Waals surface area contributed by atoms with Gasteiger partial charge in [-0.2, -0.15) is 0 Å². The maximum atomic E-state index is 6.15. The van der Waals surface area contributed by atoms with E-state index in [-0.39, 0.29) is 35.6 Å². The number of hydrogen-bond acceptors (Lipinski definition) is 4. The molecule has 6 nitrogen and oxygen atoms in total. The van der Waals surface area contributed by atoms with Crippen LogP contribution in [0.25, 0.3) is 0 Å². The Morgan fingerprint density at radius 2 is 1.95 bits per heavy atom. The Kier molecular flexibility index (Phi) is 6.10. The van der Waals surface area contributed by atoms with Crippen molar-refractivity contribution in [3.63, 3.8) is 0 Å². The highest BCUT2D eigenvalue weighted by Crippen LogP contribution is 2.42. The Hall–Kier alpha value is -0.120. The van der Waals surface area contributed by atoms with Crippen LogP contribution in [0, 0.1) is 0 Å². The van der Waals surface area contributed by atoms with Crippen molar-refractivity contribution in [1.29, 1.82) is 0 Å². The van der Waals surface area contributed by atoms with E-state index in [0.717, 1.165) is 52.5 Å². The number of nitrogens with two attached hydrogens (primary N) is 1. The van der Waals surface area contributed by atoms with Crippen LogP contribution >= 0.6 is 24.0 Å². The molecule has 2 N–H and O–H groups in total. The van der Waals surface area contributed by atoms with E-state index < -0.39 is 0 Å². The highest BCUT2D eigenvalue weighted by molar-refractivity contribution is 14.0. The van der Waals surface area contributed by atoms with E-state index in [4.69, 9.17) is 15.2 Å². The summed E-state index contributed by atoms with van der Waals surface area (Å²) in [5, 5.41) is 0. The Morgan fingerprint density at radius 1 is 1.24 bits per heavy atom. The molecule has 3 fully saturated rings. The molecular formula is C14H27IN4O2. The van der Waals surface area contributed by atoms with E-state index in [1.54, 1.807) is 0 Å². The topological polar surface area (TPSA) is 63.3 Å². The van der Waals surface area contributed by atoms with Crippen molar-refractivity contribution >= 4 is 29.9 Å². The molecule has 2 aliphatic heterocycles. The zero-order chi connectivity index (χ0) is 14.0. The lowest BCUT2D eigenvalue weighted by molar-refractivity contribution is 0.00452. The van der Waals surface area contributed by atoms with E-state index in [0.29, 0.717) is 5.96 Å². The summed E-state index contributed by atoms with van der Waals surface area (Å²) in [4.78, 5) is 9.35. The fourth-order valence-corrected chi connectivity index (χ4v) is 3.11. The molecule has 21 heavy (non-hydrogen) atoms. The molecule has 2 heterocycles. The Morgan fingerprint density at radius 3 is 2.57 bits per heavy atom. The van der Waals surface area contributed by atoms with Crippen molar-refractivity contribution in [3.05, 3.63) is 0 Å². The van der Waals surface area contributed by atoms with Gasteiger partial charge < -0.3 is 20.1 Å². The van der Waals surface area contributed by atoms with E-state index in [9.17, 15) is 0 Å². The van der Waals surface area contributed by atoms with Crippen molar-refractivity contribution in [2.24, 2.45) is 10.7 Å². The SMILES string of the molecule is CC1CN(C(N)=NCC2(N3CCOCC3)CC2)CCO1.I. The zero-order valence-electron chi connectivity index (χ0n) is 12.8. The van der Waals surface area contributed by atoms with Gasteiger partial charge in [0, 0.05) is 31.7 Å². The van der Waals surface area contributed by atoms with E-state index in [1.165, 1.54) is 12.8 Å². The van der Waals surface area contributed by atoms with Crippen LogP contribution in [0.15, 0.2) is 4.99 Å². The smallest absolute Gasteiger partial charge is 0.191 e. The predicted molar refractivity (Wildman–Crippen MR) is 93.2 cm³/mol. The number of halogens is 1. The van der Waals surface area contributed by atoms with Crippen molar-refractivity contribution in [2.45, 2.75) is 31.4 Å². The normalized spacial score (nSPS) is 29.9. The summed E-state index contributed by atoms with van der Waals surface area (Å²) >= 11 is 0. The summed E-state index contributed by atoms with van der Waals surface area (Å²) < 4.78 is 11.0. The Balaban J connectivity index is 0.00000161. The molecule has 0 spiro atoms. The van der Waals surface area contributed by atoms with Crippen LogP contribution in [-0.2, 0) is 9.47 Å². The maximum absolute atomic E-state index is 6.15. The third-order valence-corrected chi connectivity index (χ3v) is 4.61. The fraction of sp³-hybridized carbons (Fsp3) is 0.929. The molecule has 1 aliphatic carbocycles. The van der Waals surface area contributed by atoms with E-state index in [1.807, 2.05) is 0 Å². The number of rotatable bonds is 3. The average Bonchev–Trinajstić information content (AvgIpc) is 3.27. The van der Waals surface area contributed by atoms with E-state index >= 15 is 0 Å². The number of ether oxygens (including phenoxy) is 2. The number of guanidine groups is 1. The lowest BCUT2D eigenvalue weighted by Gasteiger charge is -2.35. The van der Waals surface area contributed by atoms with Crippen molar-refractivity contribution in [3.8, 4) is 0 Å². The first-order valence-electron chi connectivity index (χ1n) is 7.69. The zero-order valence-corrected chi connectivity index (χ0v) is 15.1. The molecule has 2 saturated heterocycles. The second-order valence-electron chi connectivity index (χ2n) is 6.13. The number of hydrogen-bond donors (Lipinski definition) is 1. The fourth-order valence-electron chi connectivity index (χ4n) is 3.11. The second kappa shape index (κ2) is 7.43. The van der Waals surface area contributed by atoms with Gasteiger partial charge in [-0.25, -0.2) is 0 Å². The van der Waals surface area contributed by atoms with Crippen LogP contribution in [-0.4, -0.2) is 79.9 Å². The largest absolute Gasteiger partial charge is 0.379 e. The molecule has 1 atom stereocenters. The van der Waals surface area contributed by atoms with Gasteiger partial charge in [0.25, 0.3) is 0 Å². The second-order valence-corrected chi connectivity index (χ2v) is 6.13. The van der Waals surface area contributed by atoms with Gasteiger partial charge in [-0.1, -0.05) is 0 Å². The van der Waals surface area contributed by atoms with Crippen LogP contribution in [0.1, 0.15) is 19.8 Å². The first-order chi connectivity index (χ1) is 9.70. The molecular weight excluding hydrogens is 383 g/mol. The van der Waals surface area contributed by atoms with Crippen LogP contribution in [0.3, 0.4) is 0 Å². The monoisotopic (exact) mass is 410 g/mol. The van der Waals surface area contributed by atoms with E-state index in [2.05, 4.69) is 21.7 Å². The van der Waals surface area contributed by atoms with Crippen LogP contribution in [0.4, 0.5) is 0 Å². The highest BCUT2D eigenvalue weighted by Gasteiger charge is 2.48. The summed E-state index contributed by atoms with van der Waals surface area (Å²) in [5.74, 6) is 0.680. The van der Waals surface area contributed by atoms with Gasteiger partial charge in [-0.15, -0.1) is 24.0 Å². The third-order valence-electron chi connectivity index (χ3n) is 4.61. The lowest BCUT2D eigenvalue weighted by Crippen LogP contribution is -2.49. The summed E-state index contributed by atoms with van der Waals surface area (Å²) in [5.41, 5.74) is 6.42. The Bertz CT molecular complexity index is 370. The predicted octanol–water partition coefficient (Wildman–Crippen LogP) is 0.505. The number of aliphatic imine (C=N–C) groups is 1. The molecule has 7 heteroatoms. The minimum atomic E-state index is 0. The summed E-state index contributed by atoms with van der Waals surface area (Å²) in [6, 6.07) is 0. The molecule has 1 unspecified atom stereocenters. The van der Waals surface area contributed by atoms with Gasteiger partial charge in [-0.05, 0) is 19.8 Å². The quantitative estimate of drug-likeness (QED) is 0.417. The third kappa shape index (κ3) is 4.20. The summed E-state index contributed by atoms with van der Waals surface area (Å²) in [7, 11) is 0. The van der Waals surface area contributed by atoms with Gasteiger partial charge in [0.1, 0.15) is 0 Å². The van der Waals surface area contributed by atoms with Gasteiger partial charge in [0.15, 0.2) is 5.96 Å². The molecule has 0 aromatic heterocycles. The molecule has 3 rings (SSSR count). The average molecular weight is 410 g/mol. The molecule has 0 aromatic rings.